The van der Waals surface area contributed by atoms with Crippen LogP contribution in [-0.4, -0.2) is 52.3 Å². The van der Waals surface area contributed by atoms with Crippen molar-refractivity contribution in [3.8, 4) is 0 Å². The van der Waals surface area contributed by atoms with Crippen LogP contribution >= 0.6 is 0 Å². The molecule has 0 radical (unpaired) electrons. The summed E-state index contributed by atoms with van der Waals surface area (Å²) in [5, 5.41) is 9.14. The van der Waals surface area contributed by atoms with Gasteiger partial charge in [-0.15, -0.1) is 0 Å². The van der Waals surface area contributed by atoms with Gasteiger partial charge >= 0.3 is 5.97 Å². The van der Waals surface area contributed by atoms with Gasteiger partial charge in [0, 0.05) is 17.9 Å². The zero-order valence-corrected chi connectivity index (χ0v) is 15.3. The molecule has 1 N–H and O–H groups in total. The van der Waals surface area contributed by atoms with Crippen LogP contribution in [0.25, 0.3) is 0 Å². The molecule has 2 atom stereocenters. The number of carboxylic acid groups (broad SMARTS) is 1. The third-order valence-corrected chi connectivity index (χ3v) is 5.01. The molecule has 2 heterocycles. The van der Waals surface area contributed by atoms with E-state index in [1.54, 1.807) is 4.90 Å². The second-order valence-corrected chi connectivity index (χ2v) is 6.69. The summed E-state index contributed by atoms with van der Waals surface area (Å²) in [6.07, 6.45) is -0.959. The lowest BCUT2D eigenvalue weighted by atomic mass is 10.1. The summed E-state index contributed by atoms with van der Waals surface area (Å²) in [7, 11) is 0. The summed E-state index contributed by atoms with van der Waals surface area (Å²) in [6.45, 7) is 6.75. The second kappa shape index (κ2) is 7.33. The zero-order valence-electron chi connectivity index (χ0n) is 15.3. The molecule has 1 aromatic heterocycles. The van der Waals surface area contributed by atoms with E-state index in [1.807, 2.05) is 38.1 Å². The van der Waals surface area contributed by atoms with E-state index in [0.29, 0.717) is 12.1 Å². The summed E-state index contributed by atoms with van der Waals surface area (Å²) in [6, 6.07) is 12.1. The fraction of sp³-hybridized carbons (Fsp3) is 0.400. The third-order valence-electron chi connectivity index (χ3n) is 5.01. The molecule has 1 amide bonds. The van der Waals surface area contributed by atoms with Gasteiger partial charge in [-0.1, -0.05) is 30.3 Å². The number of carboxylic acids is 1. The Kier molecular flexibility index (Phi) is 5.13. The number of aliphatic carboxylic acids is 1. The molecule has 0 spiro atoms. The molecule has 1 aliphatic rings. The molecular weight excluding hydrogens is 332 g/mol. The lowest BCUT2D eigenvalue weighted by Gasteiger charge is -2.31. The minimum Gasteiger partial charge on any atom is -0.479 e. The van der Waals surface area contributed by atoms with E-state index in [4.69, 9.17) is 9.84 Å². The van der Waals surface area contributed by atoms with Crippen molar-refractivity contribution >= 4 is 11.9 Å². The first-order valence-electron chi connectivity index (χ1n) is 8.77. The van der Waals surface area contributed by atoms with Gasteiger partial charge in [-0.05, 0) is 32.4 Å². The van der Waals surface area contributed by atoms with Crippen molar-refractivity contribution in [3.05, 3.63) is 58.9 Å². The Morgan fingerprint density at radius 3 is 2.58 bits per heavy atom. The summed E-state index contributed by atoms with van der Waals surface area (Å²) in [4.78, 5) is 25.7. The molecule has 2 aromatic rings. The van der Waals surface area contributed by atoms with Gasteiger partial charge in [0.1, 0.15) is 0 Å². The molecule has 6 heteroatoms. The summed E-state index contributed by atoms with van der Waals surface area (Å²) >= 11 is 0. The molecule has 26 heavy (non-hydrogen) atoms. The first kappa shape index (κ1) is 18.2. The van der Waals surface area contributed by atoms with Crippen molar-refractivity contribution in [2.45, 2.75) is 32.9 Å². The lowest BCUT2D eigenvalue weighted by molar-refractivity contribution is -0.154. The number of ether oxygens (including phenoxy) is 1. The number of nitrogens with zero attached hydrogens (tertiary/aromatic N) is 2. The van der Waals surface area contributed by atoms with Crippen molar-refractivity contribution in [1.29, 1.82) is 0 Å². The Labute approximate surface area is 153 Å². The van der Waals surface area contributed by atoms with Crippen LogP contribution in [0.5, 0.6) is 0 Å². The molecule has 138 valence electrons. The maximum atomic E-state index is 13.0. The highest BCUT2D eigenvalue weighted by molar-refractivity contribution is 5.96. The number of carbonyl (C=O) groups excluding carboxylic acids is 1. The highest BCUT2D eigenvalue weighted by Crippen LogP contribution is 2.26. The Hall–Kier alpha value is -2.60. The minimum atomic E-state index is -1.04. The van der Waals surface area contributed by atoms with Gasteiger partial charge < -0.3 is 19.3 Å². The zero-order chi connectivity index (χ0) is 18.8. The fourth-order valence-electron chi connectivity index (χ4n) is 3.62. The smallest absolute Gasteiger partial charge is 0.334 e. The number of rotatable bonds is 4. The fourth-order valence-corrected chi connectivity index (χ4v) is 3.62. The van der Waals surface area contributed by atoms with Gasteiger partial charge in [0.25, 0.3) is 5.91 Å². The summed E-state index contributed by atoms with van der Waals surface area (Å²) in [5.74, 6) is -1.18. The van der Waals surface area contributed by atoms with Crippen LogP contribution in [0.2, 0.25) is 0 Å². The molecule has 1 aliphatic heterocycles. The molecule has 1 fully saturated rings. The second-order valence-electron chi connectivity index (χ2n) is 6.69. The minimum absolute atomic E-state index is 0.0755. The number of morpholine rings is 1. The van der Waals surface area contributed by atoms with Gasteiger partial charge in [-0.2, -0.15) is 0 Å². The third kappa shape index (κ3) is 3.37. The summed E-state index contributed by atoms with van der Waals surface area (Å²) in [5.41, 5.74) is 3.69. The van der Waals surface area contributed by atoms with Crippen LogP contribution in [0, 0.1) is 13.8 Å². The number of hydrogen-bond donors (Lipinski definition) is 1. The predicted octanol–water partition coefficient (Wildman–Crippen LogP) is 2.64. The standard InChI is InChI=1S/C20H24N2O4/c1-13-11-17(19(23)21-9-10-26-18(12-21)20(24)25)15(3)22(13)14(2)16-7-5-4-6-8-16/h4-8,11,14,18H,9-10,12H2,1-3H3,(H,24,25)/t14-,18-/m1/s1. The SMILES string of the molecule is Cc1cc(C(=O)N2CCO[C@@H](C(=O)O)C2)c(C)n1[C@H](C)c1ccccc1. The Bertz CT molecular complexity index is 813. The maximum absolute atomic E-state index is 13.0. The Balaban J connectivity index is 1.88. The van der Waals surface area contributed by atoms with Crippen LogP contribution in [-0.2, 0) is 9.53 Å². The number of aromatic nitrogens is 1. The van der Waals surface area contributed by atoms with E-state index in [-0.39, 0.29) is 25.1 Å². The molecule has 1 aromatic carbocycles. The largest absolute Gasteiger partial charge is 0.479 e. The molecular formula is C20H24N2O4. The highest BCUT2D eigenvalue weighted by Gasteiger charge is 2.31. The van der Waals surface area contributed by atoms with Crippen LogP contribution in [0.15, 0.2) is 36.4 Å². The lowest BCUT2D eigenvalue weighted by Crippen LogP contribution is -2.48. The Morgan fingerprint density at radius 1 is 1.23 bits per heavy atom. The first-order valence-corrected chi connectivity index (χ1v) is 8.77. The van der Waals surface area contributed by atoms with Crippen LogP contribution in [0.4, 0.5) is 0 Å². The Morgan fingerprint density at radius 2 is 1.92 bits per heavy atom. The molecule has 3 rings (SSSR count). The van der Waals surface area contributed by atoms with Crippen molar-refractivity contribution in [2.24, 2.45) is 0 Å². The molecule has 0 unspecified atom stereocenters. The van der Waals surface area contributed by atoms with Crippen LogP contribution in [0.3, 0.4) is 0 Å². The van der Waals surface area contributed by atoms with Gasteiger partial charge in [0.05, 0.1) is 24.8 Å². The van der Waals surface area contributed by atoms with Crippen LogP contribution in [0.1, 0.15) is 40.3 Å². The van der Waals surface area contributed by atoms with Gasteiger partial charge in [-0.25, -0.2) is 4.79 Å². The van der Waals surface area contributed by atoms with Crippen molar-refractivity contribution in [1.82, 2.24) is 9.47 Å². The first-order chi connectivity index (χ1) is 12.4. The van der Waals surface area contributed by atoms with Crippen molar-refractivity contribution < 1.29 is 19.4 Å². The van der Waals surface area contributed by atoms with E-state index in [0.717, 1.165) is 11.4 Å². The van der Waals surface area contributed by atoms with Gasteiger partial charge in [-0.3, -0.25) is 4.79 Å². The number of hydrogen-bond acceptors (Lipinski definition) is 3. The topological polar surface area (TPSA) is 71.8 Å². The average molecular weight is 356 g/mol. The predicted molar refractivity (Wildman–Crippen MR) is 97.4 cm³/mol. The number of amides is 1. The summed E-state index contributed by atoms with van der Waals surface area (Å²) < 4.78 is 7.36. The molecule has 0 saturated carbocycles. The molecule has 0 bridgehead atoms. The maximum Gasteiger partial charge on any atom is 0.334 e. The monoisotopic (exact) mass is 356 g/mol. The molecule has 1 saturated heterocycles. The highest BCUT2D eigenvalue weighted by atomic mass is 16.5. The van der Waals surface area contributed by atoms with E-state index in [2.05, 4.69) is 23.6 Å². The van der Waals surface area contributed by atoms with Crippen molar-refractivity contribution in [3.63, 3.8) is 0 Å². The van der Waals surface area contributed by atoms with E-state index < -0.39 is 12.1 Å². The van der Waals surface area contributed by atoms with E-state index >= 15 is 0 Å². The van der Waals surface area contributed by atoms with Crippen molar-refractivity contribution in [2.75, 3.05) is 19.7 Å². The molecule has 6 nitrogen and oxygen atoms in total. The molecule has 0 aliphatic carbocycles. The average Bonchev–Trinajstić information content (AvgIpc) is 2.95. The van der Waals surface area contributed by atoms with Gasteiger partial charge in [0.2, 0.25) is 0 Å². The number of carbonyl (C=O) groups is 2. The van der Waals surface area contributed by atoms with Gasteiger partial charge in [0.15, 0.2) is 6.10 Å². The number of benzene rings is 1. The van der Waals surface area contributed by atoms with E-state index in [9.17, 15) is 9.59 Å². The quantitative estimate of drug-likeness (QED) is 0.914. The normalized spacial score (nSPS) is 18.6. The van der Waals surface area contributed by atoms with Crippen LogP contribution < -0.4 is 0 Å². The van der Waals surface area contributed by atoms with E-state index in [1.165, 1.54) is 5.56 Å². The number of aryl methyl sites for hydroxylation is 1.